The summed E-state index contributed by atoms with van der Waals surface area (Å²) in [5.41, 5.74) is 0. The van der Waals surface area contributed by atoms with Crippen molar-refractivity contribution in [1.29, 1.82) is 0 Å². The Kier molecular flexibility index (Phi) is 1.61. The zero-order chi connectivity index (χ0) is 5.33. The van der Waals surface area contributed by atoms with E-state index in [1.54, 1.807) is 11.8 Å². The highest BCUT2D eigenvalue weighted by Crippen LogP contribution is 2.42. The number of halogens is 1. The van der Waals surface area contributed by atoms with Gasteiger partial charge in [-0.15, -0.1) is 24.4 Å². The minimum Gasteiger partial charge on any atom is -0.145 e. The van der Waals surface area contributed by atoms with Crippen LogP contribution in [0, 0.1) is 0 Å². The van der Waals surface area contributed by atoms with Crippen LogP contribution in [-0.2, 0) is 0 Å². The highest BCUT2D eigenvalue weighted by Gasteiger charge is 2.22. The Bertz CT molecular complexity index is 87.9. The monoisotopic (exact) mass is 152 g/mol. The first kappa shape index (κ1) is 5.86. The van der Waals surface area contributed by atoms with Crippen LogP contribution in [0.2, 0.25) is 0 Å². The quantitative estimate of drug-likeness (QED) is 0.411. The fourth-order valence-corrected chi connectivity index (χ4v) is 1.52. The van der Waals surface area contributed by atoms with Crippen LogP contribution in [0.4, 0.5) is 0 Å². The standard InChI is InChI=1S/C4H5ClS2/c5-4(6)2-1-3-7-4/h1,3,6H,2H2. The van der Waals surface area contributed by atoms with Crippen molar-refractivity contribution >= 4 is 36.0 Å². The summed E-state index contributed by atoms with van der Waals surface area (Å²) in [5, 5.41) is 1.97. The van der Waals surface area contributed by atoms with Crippen LogP contribution in [0.25, 0.3) is 0 Å². The second kappa shape index (κ2) is 1.92. The molecule has 40 valence electrons. The molecule has 0 aliphatic carbocycles. The van der Waals surface area contributed by atoms with Crippen LogP contribution in [0.15, 0.2) is 11.5 Å². The number of allylic oxidation sites excluding steroid dienone is 1. The van der Waals surface area contributed by atoms with Crippen molar-refractivity contribution in [1.82, 2.24) is 0 Å². The van der Waals surface area contributed by atoms with E-state index < -0.39 is 0 Å². The molecule has 0 N–H and O–H groups in total. The van der Waals surface area contributed by atoms with Gasteiger partial charge in [0.25, 0.3) is 0 Å². The Hall–Kier alpha value is 0.730. The lowest BCUT2D eigenvalue weighted by atomic mass is 10.5. The molecule has 3 heteroatoms. The Labute approximate surface area is 57.7 Å². The topological polar surface area (TPSA) is 0 Å². The van der Waals surface area contributed by atoms with Crippen LogP contribution in [0.1, 0.15) is 6.42 Å². The second-order valence-corrected chi connectivity index (χ2v) is 4.79. The summed E-state index contributed by atoms with van der Waals surface area (Å²) in [4.78, 5) is 0. The number of hydrogen-bond donors (Lipinski definition) is 1. The van der Waals surface area contributed by atoms with Gasteiger partial charge >= 0.3 is 0 Å². The van der Waals surface area contributed by atoms with E-state index in [0.717, 1.165) is 6.42 Å². The van der Waals surface area contributed by atoms with Gasteiger partial charge in [-0.2, -0.15) is 0 Å². The van der Waals surface area contributed by atoms with Gasteiger partial charge in [0.2, 0.25) is 0 Å². The third-order valence-corrected chi connectivity index (χ3v) is 2.49. The molecule has 0 saturated heterocycles. The zero-order valence-electron chi connectivity index (χ0n) is 3.60. The van der Waals surface area contributed by atoms with Crippen LogP contribution >= 0.6 is 36.0 Å². The van der Waals surface area contributed by atoms with Gasteiger partial charge < -0.3 is 0 Å². The maximum atomic E-state index is 5.73. The number of thioether (sulfide) groups is 1. The Morgan fingerprint density at radius 3 is 2.71 bits per heavy atom. The lowest BCUT2D eigenvalue weighted by Crippen LogP contribution is -1.97. The smallest absolute Gasteiger partial charge is 0.140 e. The third-order valence-electron chi connectivity index (χ3n) is 0.714. The molecular weight excluding hydrogens is 148 g/mol. The average Bonchev–Trinajstić information content (AvgIpc) is 1.84. The van der Waals surface area contributed by atoms with Crippen LogP contribution in [0.5, 0.6) is 0 Å². The predicted octanol–water partition coefficient (Wildman–Crippen LogP) is 2.46. The summed E-state index contributed by atoms with van der Waals surface area (Å²) in [6, 6.07) is 0. The molecule has 1 atom stereocenters. The van der Waals surface area contributed by atoms with Crippen molar-refractivity contribution in [2.75, 3.05) is 0 Å². The van der Waals surface area contributed by atoms with Crippen molar-refractivity contribution in [3.8, 4) is 0 Å². The van der Waals surface area contributed by atoms with Gasteiger partial charge in [0, 0.05) is 6.42 Å². The van der Waals surface area contributed by atoms with E-state index in [1.165, 1.54) is 0 Å². The van der Waals surface area contributed by atoms with Crippen molar-refractivity contribution in [3.05, 3.63) is 11.5 Å². The number of hydrogen-bond acceptors (Lipinski definition) is 2. The largest absolute Gasteiger partial charge is 0.145 e. The van der Waals surface area contributed by atoms with E-state index in [2.05, 4.69) is 12.6 Å². The molecule has 0 nitrogen and oxygen atoms in total. The van der Waals surface area contributed by atoms with Gasteiger partial charge in [-0.1, -0.05) is 17.7 Å². The van der Waals surface area contributed by atoms with Crippen molar-refractivity contribution in [2.24, 2.45) is 0 Å². The molecule has 0 radical (unpaired) electrons. The fraction of sp³-hybridized carbons (Fsp3) is 0.500. The van der Waals surface area contributed by atoms with Crippen LogP contribution in [0.3, 0.4) is 0 Å². The summed E-state index contributed by atoms with van der Waals surface area (Å²) in [6.07, 6.45) is 2.88. The lowest BCUT2D eigenvalue weighted by molar-refractivity contribution is 1.14. The molecule has 1 unspecified atom stereocenters. The summed E-state index contributed by atoms with van der Waals surface area (Å²) < 4.78 is -0.333. The molecule has 1 heterocycles. The molecule has 0 saturated carbocycles. The first-order valence-electron chi connectivity index (χ1n) is 1.95. The summed E-state index contributed by atoms with van der Waals surface area (Å²) in [5.74, 6) is 0. The molecule has 0 fully saturated rings. The van der Waals surface area contributed by atoms with Gasteiger partial charge in [0.05, 0.1) is 0 Å². The number of rotatable bonds is 0. The van der Waals surface area contributed by atoms with Crippen LogP contribution < -0.4 is 0 Å². The van der Waals surface area contributed by atoms with E-state index >= 15 is 0 Å². The fourth-order valence-electron chi connectivity index (χ4n) is 0.394. The van der Waals surface area contributed by atoms with Crippen molar-refractivity contribution < 1.29 is 0 Å². The molecule has 0 aromatic rings. The van der Waals surface area contributed by atoms with Gasteiger partial charge in [-0.05, 0) is 5.41 Å². The Balaban J connectivity index is 2.49. The van der Waals surface area contributed by atoms with E-state index in [1.807, 2.05) is 11.5 Å². The maximum absolute atomic E-state index is 5.73. The average molecular weight is 153 g/mol. The zero-order valence-corrected chi connectivity index (χ0v) is 6.06. The SMILES string of the molecule is SC1(Cl)CC=CS1. The molecule has 0 spiro atoms. The summed E-state index contributed by atoms with van der Waals surface area (Å²) in [7, 11) is 0. The van der Waals surface area contributed by atoms with Crippen molar-refractivity contribution in [2.45, 2.75) is 9.96 Å². The van der Waals surface area contributed by atoms with E-state index in [0.29, 0.717) is 0 Å². The molecule has 7 heavy (non-hydrogen) atoms. The van der Waals surface area contributed by atoms with E-state index in [4.69, 9.17) is 11.6 Å². The van der Waals surface area contributed by atoms with Gasteiger partial charge in [0.1, 0.15) is 3.54 Å². The predicted molar refractivity (Wildman–Crippen MR) is 38.9 cm³/mol. The molecule has 1 aliphatic heterocycles. The van der Waals surface area contributed by atoms with Crippen LogP contribution in [-0.4, -0.2) is 3.54 Å². The van der Waals surface area contributed by atoms with Gasteiger partial charge in [0.15, 0.2) is 0 Å². The number of alkyl halides is 1. The Morgan fingerprint density at radius 1 is 1.86 bits per heavy atom. The van der Waals surface area contributed by atoms with E-state index in [9.17, 15) is 0 Å². The molecule has 0 bridgehead atoms. The molecule has 0 amide bonds. The molecule has 0 aromatic carbocycles. The summed E-state index contributed by atoms with van der Waals surface area (Å²) in [6.45, 7) is 0. The van der Waals surface area contributed by atoms with Gasteiger partial charge in [-0.25, -0.2) is 0 Å². The summed E-state index contributed by atoms with van der Waals surface area (Å²) >= 11 is 11.4. The minimum atomic E-state index is -0.333. The first-order chi connectivity index (χ1) is 3.21. The molecule has 0 aromatic heterocycles. The van der Waals surface area contributed by atoms with E-state index in [-0.39, 0.29) is 3.54 Å². The van der Waals surface area contributed by atoms with Crippen molar-refractivity contribution in [3.63, 3.8) is 0 Å². The molecule has 1 rings (SSSR count). The Morgan fingerprint density at radius 2 is 2.57 bits per heavy atom. The minimum absolute atomic E-state index is 0.333. The first-order valence-corrected chi connectivity index (χ1v) is 3.65. The maximum Gasteiger partial charge on any atom is 0.140 e. The second-order valence-electron chi connectivity index (χ2n) is 1.38. The van der Waals surface area contributed by atoms with Gasteiger partial charge in [-0.3, -0.25) is 0 Å². The number of thiol groups is 1. The normalized spacial score (nSPS) is 39.7. The lowest BCUT2D eigenvalue weighted by Gasteiger charge is -2.08. The third kappa shape index (κ3) is 1.59. The highest BCUT2D eigenvalue weighted by atomic mass is 35.5. The highest BCUT2D eigenvalue weighted by molar-refractivity contribution is 8.15. The molecular formula is C4H5ClS2. The molecule has 1 aliphatic rings.